The fourth-order valence-corrected chi connectivity index (χ4v) is 3.50. The fraction of sp³-hybridized carbons (Fsp3) is 0.240. The average Bonchev–Trinajstić information content (AvgIpc) is 3.10. The lowest BCUT2D eigenvalue weighted by atomic mass is 10.1. The van der Waals surface area contributed by atoms with Crippen molar-refractivity contribution >= 4 is 46.1 Å². The Morgan fingerprint density at radius 3 is 2.44 bits per heavy atom. The molecule has 0 saturated carbocycles. The summed E-state index contributed by atoms with van der Waals surface area (Å²) in [4.78, 5) is 34.0. The summed E-state index contributed by atoms with van der Waals surface area (Å²) in [7, 11) is 1.33. The summed E-state index contributed by atoms with van der Waals surface area (Å²) in [6.45, 7) is 4.71. The Hall–Kier alpha value is -4.27. The number of nitrogen functional groups attached to an aromatic ring is 1. The SMILES string of the molecule is COC(=O)c1ccc(/C=N\n2c(N)c(C(=O)NCCC(C)C)c3nc4ccccc4nc32)cc1. The molecule has 2 heterocycles. The lowest BCUT2D eigenvalue weighted by Gasteiger charge is -2.07. The third kappa shape index (κ3) is 4.59. The first-order valence-electron chi connectivity index (χ1n) is 11.0. The number of para-hydroxylation sites is 2. The van der Waals surface area contributed by atoms with Crippen LogP contribution >= 0.6 is 0 Å². The number of ether oxygens (including phenoxy) is 1. The van der Waals surface area contributed by atoms with E-state index in [0.717, 1.165) is 12.0 Å². The van der Waals surface area contributed by atoms with Gasteiger partial charge in [0.1, 0.15) is 16.9 Å². The molecule has 0 aliphatic heterocycles. The van der Waals surface area contributed by atoms with Crippen LogP contribution in [0.1, 0.15) is 46.5 Å². The largest absolute Gasteiger partial charge is 0.465 e. The fourth-order valence-electron chi connectivity index (χ4n) is 3.50. The first-order chi connectivity index (χ1) is 16.4. The minimum absolute atomic E-state index is 0.148. The number of carbonyl (C=O) groups excluding carboxylic acids is 2. The number of amides is 1. The molecule has 4 rings (SSSR count). The van der Waals surface area contributed by atoms with Gasteiger partial charge in [0.2, 0.25) is 0 Å². The maximum atomic E-state index is 13.0. The predicted octanol–water partition coefficient (Wildman–Crippen LogP) is 3.61. The number of fused-ring (bicyclic) bond motifs is 2. The first kappa shape index (κ1) is 22.9. The topological polar surface area (TPSA) is 124 Å². The lowest BCUT2D eigenvalue weighted by Crippen LogP contribution is -2.26. The number of methoxy groups -OCH3 is 1. The molecule has 0 atom stereocenters. The molecule has 2 aromatic heterocycles. The van der Waals surface area contributed by atoms with E-state index in [1.165, 1.54) is 11.8 Å². The number of nitrogens with zero attached hydrogens (tertiary/aromatic N) is 4. The molecular formula is C25H26N6O3. The van der Waals surface area contributed by atoms with Crippen LogP contribution in [0.25, 0.3) is 22.2 Å². The zero-order chi connectivity index (χ0) is 24.2. The predicted molar refractivity (Wildman–Crippen MR) is 132 cm³/mol. The van der Waals surface area contributed by atoms with E-state index in [4.69, 9.17) is 10.5 Å². The number of esters is 1. The number of rotatable bonds is 7. The second-order valence-electron chi connectivity index (χ2n) is 8.25. The highest BCUT2D eigenvalue weighted by Crippen LogP contribution is 2.27. The van der Waals surface area contributed by atoms with Crippen LogP contribution in [-0.2, 0) is 4.74 Å². The zero-order valence-electron chi connectivity index (χ0n) is 19.3. The highest BCUT2D eigenvalue weighted by atomic mass is 16.5. The van der Waals surface area contributed by atoms with Crippen molar-refractivity contribution in [3.8, 4) is 0 Å². The summed E-state index contributed by atoms with van der Waals surface area (Å²) < 4.78 is 6.14. The number of nitrogens with two attached hydrogens (primary N) is 1. The van der Waals surface area contributed by atoms with E-state index in [-0.39, 0.29) is 17.3 Å². The second kappa shape index (κ2) is 9.70. The van der Waals surface area contributed by atoms with Crippen LogP contribution in [0.4, 0.5) is 5.82 Å². The van der Waals surface area contributed by atoms with Gasteiger partial charge < -0.3 is 15.8 Å². The Labute approximate surface area is 196 Å². The maximum absolute atomic E-state index is 13.0. The van der Waals surface area contributed by atoms with Crippen molar-refractivity contribution in [2.75, 3.05) is 19.4 Å². The van der Waals surface area contributed by atoms with E-state index in [2.05, 4.69) is 34.2 Å². The molecule has 34 heavy (non-hydrogen) atoms. The van der Waals surface area contributed by atoms with E-state index < -0.39 is 5.97 Å². The normalized spacial score (nSPS) is 11.5. The van der Waals surface area contributed by atoms with Crippen molar-refractivity contribution in [1.82, 2.24) is 20.0 Å². The smallest absolute Gasteiger partial charge is 0.337 e. The van der Waals surface area contributed by atoms with Crippen molar-refractivity contribution in [1.29, 1.82) is 0 Å². The molecule has 0 saturated heterocycles. The Kier molecular flexibility index (Phi) is 6.53. The van der Waals surface area contributed by atoms with Crippen molar-refractivity contribution < 1.29 is 14.3 Å². The van der Waals surface area contributed by atoms with E-state index in [1.54, 1.807) is 30.5 Å². The van der Waals surface area contributed by atoms with E-state index in [9.17, 15) is 9.59 Å². The molecule has 0 fully saturated rings. The van der Waals surface area contributed by atoms with Gasteiger partial charge >= 0.3 is 5.97 Å². The van der Waals surface area contributed by atoms with E-state index in [1.807, 2.05) is 24.3 Å². The van der Waals surface area contributed by atoms with Gasteiger partial charge in [-0.05, 0) is 42.2 Å². The molecule has 0 bridgehead atoms. The van der Waals surface area contributed by atoms with Gasteiger partial charge in [0.25, 0.3) is 5.91 Å². The first-order valence-corrected chi connectivity index (χ1v) is 11.0. The minimum atomic E-state index is -0.417. The molecule has 0 unspecified atom stereocenters. The number of benzene rings is 2. The summed E-state index contributed by atoms with van der Waals surface area (Å²) in [5, 5.41) is 7.41. The van der Waals surface area contributed by atoms with E-state index >= 15 is 0 Å². The lowest BCUT2D eigenvalue weighted by molar-refractivity contribution is 0.0600. The van der Waals surface area contributed by atoms with E-state index in [0.29, 0.717) is 40.2 Å². The summed E-state index contributed by atoms with van der Waals surface area (Å²) in [5.74, 6) is -0.129. The van der Waals surface area contributed by atoms with Gasteiger partial charge in [-0.2, -0.15) is 9.78 Å². The third-order valence-electron chi connectivity index (χ3n) is 5.36. The van der Waals surface area contributed by atoms with Gasteiger partial charge in [-0.3, -0.25) is 4.79 Å². The summed E-state index contributed by atoms with van der Waals surface area (Å²) >= 11 is 0. The van der Waals surface area contributed by atoms with Gasteiger partial charge in [-0.15, -0.1) is 0 Å². The van der Waals surface area contributed by atoms with Gasteiger partial charge in [-0.1, -0.05) is 38.1 Å². The summed E-state index contributed by atoms with van der Waals surface area (Å²) in [6, 6.07) is 14.2. The Morgan fingerprint density at radius 1 is 1.12 bits per heavy atom. The zero-order valence-corrected chi connectivity index (χ0v) is 19.3. The summed E-state index contributed by atoms with van der Waals surface area (Å²) in [5.41, 5.74) is 9.90. The monoisotopic (exact) mass is 458 g/mol. The highest BCUT2D eigenvalue weighted by molar-refractivity contribution is 6.10. The number of hydrogen-bond donors (Lipinski definition) is 2. The summed E-state index contributed by atoms with van der Waals surface area (Å²) in [6.07, 6.45) is 2.42. The number of carbonyl (C=O) groups is 2. The van der Waals surface area contributed by atoms with Crippen LogP contribution < -0.4 is 11.1 Å². The van der Waals surface area contributed by atoms with Gasteiger partial charge in [0, 0.05) is 6.54 Å². The Bertz CT molecular complexity index is 1390. The van der Waals surface area contributed by atoms with Crippen molar-refractivity contribution in [2.45, 2.75) is 20.3 Å². The molecule has 0 aliphatic carbocycles. The van der Waals surface area contributed by atoms with Crippen LogP contribution in [-0.4, -0.2) is 46.4 Å². The molecule has 9 nitrogen and oxygen atoms in total. The van der Waals surface area contributed by atoms with Crippen molar-refractivity contribution in [2.24, 2.45) is 11.0 Å². The quantitative estimate of drug-likeness (QED) is 0.322. The van der Waals surface area contributed by atoms with Crippen LogP contribution in [0.2, 0.25) is 0 Å². The number of anilines is 1. The van der Waals surface area contributed by atoms with Crippen LogP contribution in [0, 0.1) is 5.92 Å². The van der Waals surface area contributed by atoms with Crippen LogP contribution in [0.5, 0.6) is 0 Å². The molecule has 0 spiro atoms. The molecule has 3 N–H and O–H groups in total. The Balaban J connectivity index is 1.77. The molecule has 0 aliphatic rings. The second-order valence-corrected chi connectivity index (χ2v) is 8.25. The molecule has 2 aromatic carbocycles. The highest BCUT2D eigenvalue weighted by Gasteiger charge is 2.24. The van der Waals surface area contributed by atoms with Gasteiger partial charge in [0.05, 0.1) is 29.9 Å². The van der Waals surface area contributed by atoms with Gasteiger partial charge in [-0.25, -0.2) is 14.8 Å². The molecule has 9 heteroatoms. The number of aromatic nitrogens is 3. The number of hydrogen-bond acceptors (Lipinski definition) is 7. The standard InChI is InChI=1S/C25H26N6O3/c1-15(2)12-13-27-24(32)20-21-23(30-19-7-5-4-6-18(19)29-21)31(22(20)26)28-14-16-8-10-17(11-9-16)25(33)34-3/h4-11,14-15H,12-13,26H2,1-3H3,(H,27,32)/b28-14-. The van der Waals surface area contributed by atoms with Crippen LogP contribution in [0.15, 0.2) is 53.6 Å². The average molecular weight is 459 g/mol. The van der Waals surface area contributed by atoms with Crippen molar-refractivity contribution in [3.05, 3.63) is 65.2 Å². The van der Waals surface area contributed by atoms with Crippen LogP contribution in [0.3, 0.4) is 0 Å². The third-order valence-corrected chi connectivity index (χ3v) is 5.36. The maximum Gasteiger partial charge on any atom is 0.337 e. The Morgan fingerprint density at radius 2 is 1.79 bits per heavy atom. The molecule has 0 radical (unpaired) electrons. The molecule has 1 amide bonds. The van der Waals surface area contributed by atoms with Gasteiger partial charge in [0.15, 0.2) is 5.65 Å². The molecule has 174 valence electrons. The minimum Gasteiger partial charge on any atom is -0.465 e. The molecule has 4 aromatic rings. The number of nitrogens with one attached hydrogen (secondary N) is 1. The van der Waals surface area contributed by atoms with Crippen molar-refractivity contribution in [3.63, 3.8) is 0 Å². The molecular weight excluding hydrogens is 432 g/mol.